The second kappa shape index (κ2) is 19.0. The molecule has 5 heteroatoms. The van der Waals surface area contributed by atoms with E-state index in [1.165, 1.54) is 0 Å². The van der Waals surface area contributed by atoms with E-state index in [0.717, 1.165) is 85.9 Å². The standard InChI is InChI=1S/2C9H19.2C8H16O2.Sn/c2*1-6-8(2)7-9(3,4)5;2*1-3-5-6-7(4-2)8(9)10;/h2*8H,1,6-7H2,2-5H3;2*7H,3-6H2,1-2H3,(H,9,10);/q;;;;+2/p-2/t2*8-;2*7-;/m0000./s1. The molecule has 0 radical (unpaired) electrons. The van der Waals surface area contributed by atoms with Crippen LogP contribution < -0.4 is 0 Å². The normalized spacial score (nSPS) is 15.9. The summed E-state index contributed by atoms with van der Waals surface area (Å²) in [6, 6.07) is 0. The number of carbonyl (C=O) groups excluding carboxylic acids is 2. The van der Waals surface area contributed by atoms with Crippen LogP contribution in [0.4, 0.5) is 0 Å². The topological polar surface area (TPSA) is 52.6 Å². The van der Waals surface area contributed by atoms with Crippen molar-refractivity contribution in [2.75, 3.05) is 0 Å². The Morgan fingerprint density at radius 3 is 1.21 bits per heavy atom. The fraction of sp³-hybridized carbons (Fsp3) is 0.941. The van der Waals surface area contributed by atoms with Gasteiger partial charge in [-0.1, -0.05) is 0 Å². The summed E-state index contributed by atoms with van der Waals surface area (Å²) in [7, 11) is 0. The minimum atomic E-state index is -4.13. The molecule has 0 saturated heterocycles. The molecule has 0 unspecified atom stereocenters. The quantitative estimate of drug-likeness (QED) is 0.122. The number of rotatable bonds is 20. The molecule has 232 valence electrons. The Labute approximate surface area is 249 Å². The summed E-state index contributed by atoms with van der Waals surface area (Å²) in [5, 5.41) is 0. The predicted octanol–water partition coefficient (Wildman–Crippen LogP) is 10.9. The van der Waals surface area contributed by atoms with Gasteiger partial charge in [0, 0.05) is 0 Å². The molecule has 0 aromatic carbocycles. The molecule has 0 saturated carbocycles. The van der Waals surface area contributed by atoms with E-state index in [-0.39, 0.29) is 34.6 Å². The Hall–Kier alpha value is -0.261. The molecule has 0 aliphatic rings. The van der Waals surface area contributed by atoms with Crippen LogP contribution in [0.15, 0.2) is 0 Å². The van der Waals surface area contributed by atoms with Crippen LogP contribution in [0.1, 0.15) is 160 Å². The van der Waals surface area contributed by atoms with Gasteiger partial charge in [0.2, 0.25) is 0 Å². The van der Waals surface area contributed by atoms with Crippen molar-refractivity contribution in [2.45, 2.75) is 169 Å². The summed E-state index contributed by atoms with van der Waals surface area (Å²) in [5.41, 5.74) is 0.486. The second-order valence-corrected chi connectivity index (χ2v) is 24.3. The van der Waals surface area contributed by atoms with Gasteiger partial charge in [0.25, 0.3) is 0 Å². The van der Waals surface area contributed by atoms with E-state index in [1.807, 2.05) is 0 Å². The molecule has 0 spiro atoms. The fourth-order valence-corrected chi connectivity index (χ4v) is 16.4. The molecule has 0 bridgehead atoms. The molecular formula is C34H68O4Sn. The Balaban J connectivity index is 6.26. The molecule has 0 amide bonds. The third-order valence-electron chi connectivity index (χ3n) is 8.00. The van der Waals surface area contributed by atoms with E-state index in [2.05, 4.69) is 83.1 Å². The van der Waals surface area contributed by atoms with Crippen LogP contribution in [0.2, 0.25) is 8.87 Å². The Kier molecular flexibility index (Phi) is 18.9. The van der Waals surface area contributed by atoms with Gasteiger partial charge < -0.3 is 0 Å². The first-order chi connectivity index (χ1) is 18.0. The van der Waals surface area contributed by atoms with E-state index in [1.54, 1.807) is 0 Å². The predicted molar refractivity (Wildman–Crippen MR) is 170 cm³/mol. The van der Waals surface area contributed by atoms with Gasteiger partial charge in [0.05, 0.1) is 0 Å². The van der Waals surface area contributed by atoms with Crippen LogP contribution in [0.3, 0.4) is 0 Å². The molecule has 0 aromatic rings. The fourth-order valence-electron chi connectivity index (χ4n) is 5.99. The zero-order valence-corrected chi connectivity index (χ0v) is 31.2. The van der Waals surface area contributed by atoms with Gasteiger partial charge in [-0.3, -0.25) is 0 Å². The Bertz CT molecular complexity index is 618. The summed E-state index contributed by atoms with van der Waals surface area (Å²) in [6.45, 7) is 26.8. The van der Waals surface area contributed by atoms with E-state index in [4.69, 9.17) is 6.15 Å². The number of unbranched alkanes of at least 4 members (excludes halogenated alkanes) is 2. The van der Waals surface area contributed by atoms with Crippen LogP contribution in [-0.4, -0.2) is 31.1 Å². The van der Waals surface area contributed by atoms with Crippen molar-refractivity contribution < 1.29 is 15.7 Å². The molecule has 0 rings (SSSR count). The number of carbonyl (C=O) groups is 2. The molecule has 0 heterocycles. The van der Waals surface area contributed by atoms with Crippen molar-refractivity contribution in [3.05, 3.63) is 0 Å². The third-order valence-corrected chi connectivity index (χ3v) is 17.3. The SMILES string of the molecule is CCCC[C@H](CC)C(=O)[O][Sn]([CH2]C[C@H](C)CC(C)(C)C)([CH2]C[C@H](C)CC(C)(C)C)[O]C(=O)[C@@H](CC)CCCC. The Morgan fingerprint density at radius 2 is 0.949 bits per heavy atom. The average molecular weight is 660 g/mol. The van der Waals surface area contributed by atoms with E-state index in [9.17, 15) is 9.59 Å². The monoisotopic (exact) mass is 660 g/mol. The van der Waals surface area contributed by atoms with Crippen molar-refractivity contribution in [1.82, 2.24) is 0 Å². The van der Waals surface area contributed by atoms with E-state index in [0.29, 0.717) is 11.8 Å². The first-order valence-corrected chi connectivity index (χ1v) is 22.8. The van der Waals surface area contributed by atoms with E-state index < -0.39 is 19.2 Å². The van der Waals surface area contributed by atoms with Gasteiger partial charge in [0.1, 0.15) is 0 Å². The molecule has 4 nitrogen and oxygen atoms in total. The maximum absolute atomic E-state index is 13.7. The van der Waals surface area contributed by atoms with Crippen molar-refractivity contribution in [1.29, 1.82) is 0 Å². The van der Waals surface area contributed by atoms with Gasteiger partial charge in [-0.05, 0) is 0 Å². The number of hydrogen-bond donors (Lipinski definition) is 0. The van der Waals surface area contributed by atoms with Crippen LogP contribution in [-0.2, 0) is 15.7 Å². The molecule has 0 fully saturated rings. The average Bonchev–Trinajstić information content (AvgIpc) is 2.80. The molecule has 0 aromatic heterocycles. The Morgan fingerprint density at radius 1 is 0.615 bits per heavy atom. The van der Waals surface area contributed by atoms with Crippen LogP contribution in [0.25, 0.3) is 0 Å². The van der Waals surface area contributed by atoms with Gasteiger partial charge in [-0.15, -0.1) is 0 Å². The van der Waals surface area contributed by atoms with Crippen molar-refractivity contribution in [3.63, 3.8) is 0 Å². The maximum atomic E-state index is 13.7. The molecule has 0 aliphatic carbocycles. The van der Waals surface area contributed by atoms with Crippen LogP contribution in [0, 0.1) is 34.5 Å². The van der Waals surface area contributed by atoms with Gasteiger partial charge >= 0.3 is 250 Å². The second-order valence-electron chi connectivity index (χ2n) is 15.1. The van der Waals surface area contributed by atoms with E-state index >= 15 is 0 Å². The first kappa shape index (κ1) is 38.7. The first-order valence-electron chi connectivity index (χ1n) is 16.5. The van der Waals surface area contributed by atoms with Crippen molar-refractivity contribution >= 4 is 31.1 Å². The molecule has 0 N–H and O–H groups in total. The summed E-state index contributed by atoms with van der Waals surface area (Å²) in [6.07, 6.45) is 11.6. The van der Waals surface area contributed by atoms with Crippen LogP contribution >= 0.6 is 0 Å². The number of hydrogen-bond acceptors (Lipinski definition) is 4. The molecule has 0 aliphatic heterocycles. The third kappa shape index (κ3) is 18.0. The van der Waals surface area contributed by atoms with Crippen LogP contribution in [0.5, 0.6) is 0 Å². The van der Waals surface area contributed by atoms with Gasteiger partial charge in [-0.25, -0.2) is 0 Å². The van der Waals surface area contributed by atoms with Gasteiger partial charge in [0.15, 0.2) is 0 Å². The summed E-state index contributed by atoms with van der Waals surface area (Å²) in [4.78, 5) is 27.3. The van der Waals surface area contributed by atoms with Crippen molar-refractivity contribution in [3.8, 4) is 0 Å². The molecule has 39 heavy (non-hydrogen) atoms. The minimum absolute atomic E-state index is 0.0943. The summed E-state index contributed by atoms with van der Waals surface area (Å²) in [5.74, 6) is 0.608. The summed E-state index contributed by atoms with van der Waals surface area (Å²) < 4.78 is 14.8. The van der Waals surface area contributed by atoms with Crippen molar-refractivity contribution in [2.24, 2.45) is 34.5 Å². The zero-order chi connectivity index (χ0) is 30.3. The molecular weight excluding hydrogens is 591 g/mol. The molecule has 4 atom stereocenters. The van der Waals surface area contributed by atoms with Gasteiger partial charge in [-0.2, -0.15) is 0 Å². The summed E-state index contributed by atoms with van der Waals surface area (Å²) >= 11 is -4.13. The zero-order valence-electron chi connectivity index (χ0n) is 28.3.